The van der Waals surface area contributed by atoms with E-state index in [4.69, 9.17) is 10.8 Å². The molecule has 90 valence electrons. The number of aromatic nitrogens is 2. The van der Waals surface area contributed by atoms with Crippen molar-refractivity contribution in [2.24, 2.45) is 11.1 Å². The maximum atomic E-state index is 11.1. The van der Waals surface area contributed by atoms with Crippen molar-refractivity contribution in [1.82, 2.24) is 9.97 Å². The third-order valence-corrected chi connectivity index (χ3v) is 3.13. The molecule has 0 saturated heterocycles. The SMILES string of the molecule is CC(C)(C(=O)O)C(N)c1ccc2nc[nH]c2c1. The number of nitrogens with one attached hydrogen (secondary N) is 1. The predicted molar refractivity (Wildman–Crippen MR) is 64.4 cm³/mol. The van der Waals surface area contributed by atoms with Crippen LogP contribution in [0.5, 0.6) is 0 Å². The highest BCUT2D eigenvalue weighted by atomic mass is 16.4. The molecule has 1 atom stereocenters. The van der Waals surface area contributed by atoms with Crippen LogP contribution in [0.25, 0.3) is 11.0 Å². The molecule has 17 heavy (non-hydrogen) atoms. The molecule has 2 rings (SSSR count). The number of benzene rings is 1. The van der Waals surface area contributed by atoms with Crippen LogP contribution in [-0.4, -0.2) is 21.0 Å². The number of carboxylic acid groups (broad SMARTS) is 1. The number of nitrogens with two attached hydrogens (primary N) is 1. The number of rotatable bonds is 3. The van der Waals surface area contributed by atoms with Gasteiger partial charge in [-0.15, -0.1) is 0 Å². The second kappa shape index (κ2) is 3.85. The van der Waals surface area contributed by atoms with E-state index in [9.17, 15) is 4.79 Å². The average Bonchev–Trinajstić information content (AvgIpc) is 2.74. The lowest BCUT2D eigenvalue weighted by Gasteiger charge is -2.27. The van der Waals surface area contributed by atoms with E-state index in [1.807, 2.05) is 18.2 Å². The van der Waals surface area contributed by atoms with Gasteiger partial charge in [0.1, 0.15) is 0 Å². The Morgan fingerprint density at radius 2 is 2.24 bits per heavy atom. The van der Waals surface area contributed by atoms with Crippen LogP contribution in [0.2, 0.25) is 0 Å². The molecule has 1 unspecified atom stereocenters. The van der Waals surface area contributed by atoms with Gasteiger partial charge in [0.05, 0.1) is 22.8 Å². The Kier molecular flexibility index (Phi) is 2.63. The molecular weight excluding hydrogens is 218 g/mol. The standard InChI is InChI=1S/C12H15N3O2/c1-12(2,11(16)17)10(13)7-3-4-8-9(5-7)15-6-14-8/h3-6,10H,13H2,1-2H3,(H,14,15)(H,16,17). The minimum absolute atomic E-state index is 0.562. The molecule has 0 saturated carbocycles. The molecule has 0 bridgehead atoms. The number of hydrogen-bond donors (Lipinski definition) is 3. The van der Waals surface area contributed by atoms with Crippen LogP contribution in [-0.2, 0) is 4.79 Å². The topological polar surface area (TPSA) is 92.0 Å². The van der Waals surface area contributed by atoms with Gasteiger partial charge in [-0.05, 0) is 31.5 Å². The third kappa shape index (κ3) is 1.89. The summed E-state index contributed by atoms with van der Waals surface area (Å²) in [5.41, 5.74) is 7.50. The number of fused-ring (bicyclic) bond motifs is 1. The maximum absolute atomic E-state index is 11.1. The quantitative estimate of drug-likeness (QED) is 0.752. The smallest absolute Gasteiger partial charge is 0.311 e. The van der Waals surface area contributed by atoms with Crippen molar-refractivity contribution < 1.29 is 9.90 Å². The van der Waals surface area contributed by atoms with Gasteiger partial charge < -0.3 is 15.8 Å². The van der Waals surface area contributed by atoms with E-state index in [1.54, 1.807) is 20.2 Å². The lowest BCUT2D eigenvalue weighted by molar-refractivity contribution is -0.148. The molecule has 0 aliphatic carbocycles. The molecule has 0 amide bonds. The summed E-state index contributed by atoms with van der Waals surface area (Å²) in [6.07, 6.45) is 1.60. The van der Waals surface area contributed by atoms with E-state index >= 15 is 0 Å². The highest BCUT2D eigenvalue weighted by Crippen LogP contribution is 2.32. The highest BCUT2D eigenvalue weighted by molar-refractivity contribution is 5.77. The lowest BCUT2D eigenvalue weighted by Crippen LogP contribution is -2.36. The van der Waals surface area contributed by atoms with E-state index in [0.29, 0.717) is 0 Å². The van der Waals surface area contributed by atoms with Crippen molar-refractivity contribution in [2.45, 2.75) is 19.9 Å². The average molecular weight is 233 g/mol. The van der Waals surface area contributed by atoms with Crippen LogP contribution >= 0.6 is 0 Å². The number of aliphatic carboxylic acids is 1. The summed E-state index contributed by atoms with van der Waals surface area (Å²) in [7, 11) is 0. The maximum Gasteiger partial charge on any atom is 0.311 e. The van der Waals surface area contributed by atoms with Crippen LogP contribution in [0.4, 0.5) is 0 Å². The Bertz CT molecular complexity index is 560. The lowest BCUT2D eigenvalue weighted by atomic mass is 9.81. The van der Waals surface area contributed by atoms with Crippen molar-refractivity contribution >= 4 is 17.0 Å². The molecule has 5 nitrogen and oxygen atoms in total. The number of imidazole rings is 1. The normalized spacial score (nSPS) is 13.8. The van der Waals surface area contributed by atoms with Gasteiger partial charge in [0.2, 0.25) is 0 Å². The molecule has 0 radical (unpaired) electrons. The number of H-pyrrole nitrogens is 1. The molecule has 0 fully saturated rings. The molecule has 1 aromatic heterocycles. The number of carboxylic acids is 1. The van der Waals surface area contributed by atoms with Gasteiger partial charge in [-0.1, -0.05) is 6.07 Å². The fraction of sp³-hybridized carbons (Fsp3) is 0.333. The van der Waals surface area contributed by atoms with Gasteiger partial charge in [-0.3, -0.25) is 4.79 Å². The van der Waals surface area contributed by atoms with Gasteiger partial charge in [0.25, 0.3) is 0 Å². The summed E-state index contributed by atoms with van der Waals surface area (Å²) < 4.78 is 0. The van der Waals surface area contributed by atoms with Gasteiger partial charge in [-0.2, -0.15) is 0 Å². The fourth-order valence-corrected chi connectivity index (χ4v) is 1.70. The molecule has 1 heterocycles. The number of nitrogens with zero attached hydrogens (tertiary/aromatic N) is 1. The van der Waals surface area contributed by atoms with Crippen molar-refractivity contribution in [1.29, 1.82) is 0 Å². The molecule has 2 aromatic rings. The second-order valence-electron chi connectivity index (χ2n) is 4.68. The monoisotopic (exact) mass is 233 g/mol. The van der Waals surface area contributed by atoms with E-state index < -0.39 is 17.4 Å². The number of carbonyl (C=O) groups is 1. The Balaban J connectivity index is 2.42. The minimum atomic E-state index is -1.01. The molecule has 1 aromatic carbocycles. The molecule has 0 spiro atoms. The van der Waals surface area contributed by atoms with Gasteiger partial charge in [-0.25, -0.2) is 4.98 Å². The summed E-state index contributed by atoms with van der Waals surface area (Å²) in [5, 5.41) is 9.15. The summed E-state index contributed by atoms with van der Waals surface area (Å²) in [4.78, 5) is 18.2. The van der Waals surface area contributed by atoms with Crippen LogP contribution in [0.1, 0.15) is 25.5 Å². The van der Waals surface area contributed by atoms with E-state index in [2.05, 4.69) is 9.97 Å². The summed E-state index contributed by atoms with van der Waals surface area (Å²) >= 11 is 0. The number of hydrogen-bond acceptors (Lipinski definition) is 3. The zero-order valence-electron chi connectivity index (χ0n) is 9.77. The zero-order chi connectivity index (χ0) is 12.6. The Morgan fingerprint density at radius 3 is 2.88 bits per heavy atom. The Hall–Kier alpha value is -1.88. The Labute approximate surface area is 98.7 Å². The van der Waals surface area contributed by atoms with E-state index in [0.717, 1.165) is 16.6 Å². The fourth-order valence-electron chi connectivity index (χ4n) is 1.70. The first kappa shape index (κ1) is 11.6. The van der Waals surface area contributed by atoms with Gasteiger partial charge >= 0.3 is 5.97 Å². The van der Waals surface area contributed by atoms with Crippen molar-refractivity contribution in [3.05, 3.63) is 30.1 Å². The third-order valence-electron chi connectivity index (χ3n) is 3.13. The first-order valence-electron chi connectivity index (χ1n) is 5.35. The van der Waals surface area contributed by atoms with Crippen molar-refractivity contribution in [2.75, 3.05) is 0 Å². The molecule has 0 aliphatic rings. The largest absolute Gasteiger partial charge is 0.481 e. The molecule has 0 aliphatic heterocycles. The molecule has 4 N–H and O–H groups in total. The van der Waals surface area contributed by atoms with Crippen LogP contribution in [0.3, 0.4) is 0 Å². The zero-order valence-corrected chi connectivity index (χ0v) is 9.77. The summed E-state index contributed by atoms with van der Waals surface area (Å²) in [5.74, 6) is -0.908. The predicted octanol–water partition coefficient (Wildman–Crippen LogP) is 1.67. The van der Waals surface area contributed by atoms with Gasteiger partial charge in [0, 0.05) is 6.04 Å². The van der Waals surface area contributed by atoms with Gasteiger partial charge in [0.15, 0.2) is 0 Å². The highest BCUT2D eigenvalue weighted by Gasteiger charge is 2.35. The van der Waals surface area contributed by atoms with Crippen LogP contribution in [0, 0.1) is 5.41 Å². The van der Waals surface area contributed by atoms with Crippen molar-refractivity contribution in [3.8, 4) is 0 Å². The minimum Gasteiger partial charge on any atom is -0.481 e. The Morgan fingerprint density at radius 1 is 1.53 bits per heavy atom. The molecule has 5 heteroatoms. The second-order valence-corrected chi connectivity index (χ2v) is 4.68. The first-order valence-corrected chi connectivity index (χ1v) is 5.35. The summed E-state index contributed by atoms with van der Waals surface area (Å²) in [6.45, 7) is 3.24. The summed E-state index contributed by atoms with van der Waals surface area (Å²) in [6, 6.07) is 4.93. The van der Waals surface area contributed by atoms with Crippen LogP contribution in [0.15, 0.2) is 24.5 Å². The number of aromatic amines is 1. The van der Waals surface area contributed by atoms with E-state index in [1.165, 1.54) is 0 Å². The van der Waals surface area contributed by atoms with Crippen LogP contribution < -0.4 is 5.73 Å². The first-order chi connectivity index (χ1) is 7.93. The van der Waals surface area contributed by atoms with Crippen molar-refractivity contribution in [3.63, 3.8) is 0 Å². The molecular formula is C12H15N3O2. The van der Waals surface area contributed by atoms with E-state index in [-0.39, 0.29) is 0 Å².